The highest BCUT2D eigenvalue weighted by Crippen LogP contribution is 2.20. The highest BCUT2D eigenvalue weighted by molar-refractivity contribution is 7.80. The van der Waals surface area contributed by atoms with Crippen molar-refractivity contribution in [1.29, 1.82) is 0 Å². The Morgan fingerprint density at radius 1 is 1.19 bits per heavy atom. The smallest absolute Gasteiger partial charge is 0.246 e. The first-order valence-corrected chi connectivity index (χ1v) is 8.73. The third-order valence-electron chi connectivity index (χ3n) is 3.66. The van der Waals surface area contributed by atoms with E-state index in [4.69, 9.17) is 21.5 Å². The summed E-state index contributed by atoms with van der Waals surface area (Å²) in [7, 11) is 0. The van der Waals surface area contributed by atoms with E-state index in [9.17, 15) is 0 Å². The van der Waals surface area contributed by atoms with Crippen LogP contribution in [0.25, 0.3) is 11.4 Å². The van der Waals surface area contributed by atoms with Crippen molar-refractivity contribution in [2.75, 3.05) is 11.9 Å². The van der Waals surface area contributed by atoms with Gasteiger partial charge in [0.05, 0.1) is 13.2 Å². The molecule has 3 rings (SSSR count). The number of thiocarbonyl (C=S) groups is 1. The molecule has 134 valence electrons. The molecular weight excluding hydrogens is 348 g/mol. The van der Waals surface area contributed by atoms with Crippen LogP contribution >= 0.6 is 12.2 Å². The van der Waals surface area contributed by atoms with Gasteiger partial charge in [-0.3, -0.25) is 0 Å². The van der Waals surface area contributed by atoms with Gasteiger partial charge in [-0.2, -0.15) is 4.98 Å². The largest absolute Gasteiger partial charge is 0.494 e. The van der Waals surface area contributed by atoms with Crippen molar-refractivity contribution < 1.29 is 9.26 Å². The monoisotopic (exact) mass is 368 g/mol. The fourth-order valence-corrected chi connectivity index (χ4v) is 2.61. The summed E-state index contributed by atoms with van der Waals surface area (Å²) in [6.45, 7) is 4.92. The average molecular weight is 368 g/mol. The molecule has 0 saturated heterocycles. The van der Waals surface area contributed by atoms with Gasteiger partial charge in [-0.05, 0) is 43.8 Å². The van der Waals surface area contributed by atoms with E-state index in [0.29, 0.717) is 30.0 Å². The Hall–Kier alpha value is -2.93. The predicted octanol–water partition coefficient (Wildman–Crippen LogP) is 3.93. The zero-order valence-electron chi connectivity index (χ0n) is 14.7. The lowest BCUT2D eigenvalue weighted by molar-refractivity contribution is 0.340. The number of nitrogens with zero attached hydrogens (tertiary/aromatic N) is 2. The van der Waals surface area contributed by atoms with Crippen molar-refractivity contribution in [3.05, 3.63) is 60.0 Å². The van der Waals surface area contributed by atoms with Gasteiger partial charge in [0, 0.05) is 17.3 Å². The van der Waals surface area contributed by atoms with Crippen LogP contribution in [0.5, 0.6) is 5.75 Å². The van der Waals surface area contributed by atoms with Crippen LogP contribution in [0.4, 0.5) is 5.69 Å². The van der Waals surface area contributed by atoms with Gasteiger partial charge >= 0.3 is 0 Å². The van der Waals surface area contributed by atoms with E-state index in [1.54, 1.807) is 0 Å². The zero-order chi connectivity index (χ0) is 18.4. The van der Waals surface area contributed by atoms with Crippen LogP contribution in [0.3, 0.4) is 0 Å². The lowest BCUT2D eigenvalue weighted by atomic mass is 10.1. The Morgan fingerprint density at radius 3 is 2.85 bits per heavy atom. The summed E-state index contributed by atoms with van der Waals surface area (Å²) >= 11 is 5.31. The number of aryl methyl sites for hydroxylation is 1. The van der Waals surface area contributed by atoms with Crippen molar-refractivity contribution in [3.63, 3.8) is 0 Å². The zero-order valence-corrected chi connectivity index (χ0v) is 15.5. The first-order chi connectivity index (χ1) is 12.7. The summed E-state index contributed by atoms with van der Waals surface area (Å²) in [5.41, 5.74) is 2.90. The van der Waals surface area contributed by atoms with E-state index < -0.39 is 0 Å². The molecule has 0 saturated carbocycles. The van der Waals surface area contributed by atoms with Gasteiger partial charge in [0.2, 0.25) is 11.7 Å². The van der Waals surface area contributed by atoms with Gasteiger partial charge in [0.15, 0.2) is 5.11 Å². The molecule has 1 heterocycles. The Kier molecular flexibility index (Phi) is 5.80. The number of aromatic nitrogens is 2. The number of rotatable bonds is 6. The molecule has 0 unspecified atom stereocenters. The first-order valence-electron chi connectivity index (χ1n) is 8.32. The lowest BCUT2D eigenvalue weighted by Gasteiger charge is -2.10. The van der Waals surface area contributed by atoms with Crippen LogP contribution in [0.15, 0.2) is 53.1 Å². The van der Waals surface area contributed by atoms with E-state index in [0.717, 1.165) is 22.6 Å². The molecule has 26 heavy (non-hydrogen) atoms. The second kappa shape index (κ2) is 8.44. The van der Waals surface area contributed by atoms with Crippen LogP contribution < -0.4 is 15.4 Å². The van der Waals surface area contributed by atoms with Crippen LogP contribution in [0, 0.1) is 6.92 Å². The summed E-state index contributed by atoms with van der Waals surface area (Å²) in [6.07, 6.45) is 0. The van der Waals surface area contributed by atoms with Crippen molar-refractivity contribution in [3.8, 4) is 17.1 Å². The molecule has 1 aromatic heterocycles. The molecule has 0 aliphatic carbocycles. The standard InChI is InChI=1S/C19H20N4O2S/c1-3-24-15-9-6-8-14(11-15)21-19(26)20-12-17-22-18(23-25-17)16-10-5-4-7-13(16)2/h4-11H,3,12H2,1-2H3,(H2,20,21,26). The molecule has 0 amide bonds. The van der Waals surface area contributed by atoms with E-state index >= 15 is 0 Å². The number of benzene rings is 2. The van der Waals surface area contributed by atoms with Crippen molar-refractivity contribution in [1.82, 2.24) is 15.5 Å². The molecule has 0 bridgehead atoms. The number of hydrogen-bond acceptors (Lipinski definition) is 5. The Morgan fingerprint density at radius 2 is 2.04 bits per heavy atom. The topological polar surface area (TPSA) is 72.2 Å². The lowest BCUT2D eigenvalue weighted by Crippen LogP contribution is -2.28. The maximum absolute atomic E-state index is 5.47. The third-order valence-corrected chi connectivity index (χ3v) is 3.90. The molecule has 0 aliphatic rings. The van der Waals surface area contributed by atoms with E-state index in [2.05, 4.69) is 20.8 Å². The number of nitrogens with one attached hydrogen (secondary N) is 2. The molecule has 6 nitrogen and oxygen atoms in total. The quantitative estimate of drug-likeness (QED) is 0.639. The van der Waals surface area contributed by atoms with Crippen molar-refractivity contribution >= 4 is 23.0 Å². The van der Waals surface area contributed by atoms with E-state index in [-0.39, 0.29) is 0 Å². The fraction of sp³-hybridized carbons (Fsp3) is 0.211. The van der Waals surface area contributed by atoms with Crippen LogP contribution in [-0.4, -0.2) is 21.9 Å². The normalized spacial score (nSPS) is 10.4. The second-order valence-corrected chi connectivity index (χ2v) is 6.00. The van der Waals surface area contributed by atoms with Gasteiger partial charge < -0.3 is 19.9 Å². The summed E-state index contributed by atoms with van der Waals surface area (Å²) in [6, 6.07) is 15.5. The minimum absolute atomic E-state index is 0.343. The maximum atomic E-state index is 5.47. The minimum Gasteiger partial charge on any atom is -0.494 e. The predicted molar refractivity (Wildman–Crippen MR) is 105 cm³/mol. The molecule has 0 radical (unpaired) electrons. The average Bonchev–Trinajstić information content (AvgIpc) is 3.10. The second-order valence-electron chi connectivity index (χ2n) is 5.60. The Balaban J connectivity index is 1.57. The summed E-state index contributed by atoms with van der Waals surface area (Å²) in [4.78, 5) is 4.41. The number of hydrogen-bond donors (Lipinski definition) is 2. The summed E-state index contributed by atoms with van der Waals surface area (Å²) in [5, 5.41) is 10.7. The number of ether oxygens (including phenoxy) is 1. The van der Waals surface area contributed by atoms with Crippen LogP contribution in [-0.2, 0) is 6.54 Å². The highest BCUT2D eigenvalue weighted by Gasteiger charge is 2.10. The molecule has 0 spiro atoms. The number of anilines is 1. The molecule has 3 aromatic rings. The molecular formula is C19H20N4O2S. The highest BCUT2D eigenvalue weighted by atomic mass is 32.1. The van der Waals surface area contributed by atoms with Gasteiger partial charge in [-0.25, -0.2) is 0 Å². The SMILES string of the molecule is CCOc1cccc(NC(=S)NCc2nc(-c3ccccc3C)no2)c1. The van der Waals surface area contributed by atoms with Crippen molar-refractivity contribution in [2.24, 2.45) is 0 Å². The molecule has 0 aliphatic heterocycles. The minimum atomic E-state index is 0.343. The fourth-order valence-electron chi connectivity index (χ4n) is 2.42. The molecule has 2 aromatic carbocycles. The molecule has 0 fully saturated rings. The van der Waals surface area contributed by atoms with Gasteiger partial charge in [-0.1, -0.05) is 35.5 Å². The van der Waals surface area contributed by atoms with Crippen LogP contribution in [0.1, 0.15) is 18.4 Å². The van der Waals surface area contributed by atoms with Gasteiger partial charge in [0.1, 0.15) is 5.75 Å². The van der Waals surface area contributed by atoms with E-state index in [1.807, 2.05) is 62.4 Å². The van der Waals surface area contributed by atoms with Gasteiger partial charge in [-0.15, -0.1) is 0 Å². The van der Waals surface area contributed by atoms with E-state index in [1.165, 1.54) is 0 Å². The molecule has 7 heteroatoms. The van der Waals surface area contributed by atoms with Gasteiger partial charge in [0.25, 0.3) is 0 Å². The Bertz CT molecular complexity index is 895. The summed E-state index contributed by atoms with van der Waals surface area (Å²) in [5.74, 6) is 1.83. The first kappa shape index (κ1) is 17.9. The van der Waals surface area contributed by atoms with Crippen LogP contribution in [0.2, 0.25) is 0 Å². The molecule has 0 atom stereocenters. The van der Waals surface area contributed by atoms with Crippen molar-refractivity contribution in [2.45, 2.75) is 20.4 Å². The maximum Gasteiger partial charge on any atom is 0.246 e. The summed E-state index contributed by atoms with van der Waals surface area (Å²) < 4.78 is 10.8. The Labute approximate surface area is 157 Å². The molecule has 2 N–H and O–H groups in total. The third kappa shape index (κ3) is 4.58.